The number of aromatic nitrogens is 2. The normalized spacial score (nSPS) is 18.3. The van der Waals surface area contributed by atoms with Crippen molar-refractivity contribution in [2.75, 3.05) is 46.4 Å². The van der Waals surface area contributed by atoms with E-state index in [1.165, 1.54) is 11.1 Å². The molecular weight excluding hydrogens is 442 g/mol. The summed E-state index contributed by atoms with van der Waals surface area (Å²) < 4.78 is 7.87. The summed E-state index contributed by atoms with van der Waals surface area (Å²) in [5.41, 5.74) is 3.74. The van der Waals surface area contributed by atoms with Crippen molar-refractivity contribution >= 4 is 16.8 Å². The third-order valence-corrected chi connectivity index (χ3v) is 7.19. The van der Waals surface area contributed by atoms with Crippen LogP contribution in [0.5, 0.6) is 5.75 Å². The second-order valence-electron chi connectivity index (χ2n) is 9.84. The fourth-order valence-corrected chi connectivity index (χ4v) is 5.14. The number of likely N-dealkylation sites (tertiary alicyclic amines) is 1. The summed E-state index contributed by atoms with van der Waals surface area (Å²) in [4.78, 5) is 16.9. The molecule has 2 aliphatic heterocycles. The molecule has 8 nitrogen and oxygen atoms in total. The molecule has 3 aromatic rings. The number of carbonyl (C=O) groups excluding carboxylic acids is 1. The highest BCUT2D eigenvalue weighted by atomic mass is 16.5. The van der Waals surface area contributed by atoms with Crippen molar-refractivity contribution in [2.24, 2.45) is 0 Å². The zero-order valence-corrected chi connectivity index (χ0v) is 20.4. The first kappa shape index (κ1) is 23.8. The van der Waals surface area contributed by atoms with E-state index in [0.29, 0.717) is 18.3 Å². The van der Waals surface area contributed by atoms with Gasteiger partial charge in [0.25, 0.3) is 5.91 Å². The molecule has 0 spiro atoms. The van der Waals surface area contributed by atoms with Crippen LogP contribution < -0.4 is 10.1 Å². The molecule has 0 radical (unpaired) electrons. The topological polar surface area (TPSA) is 82.9 Å². The van der Waals surface area contributed by atoms with Crippen molar-refractivity contribution in [3.63, 3.8) is 0 Å². The van der Waals surface area contributed by atoms with Crippen LogP contribution in [-0.4, -0.2) is 83.1 Å². The van der Waals surface area contributed by atoms with Crippen molar-refractivity contribution in [1.82, 2.24) is 24.9 Å². The number of hydrogen-bond acceptors (Lipinski definition) is 6. The van der Waals surface area contributed by atoms with Crippen molar-refractivity contribution in [3.05, 3.63) is 59.8 Å². The van der Waals surface area contributed by atoms with E-state index in [-0.39, 0.29) is 19.1 Å². The summed E-state index contributed by atoms with van der Waals surface area (Å²) >= 11 is 0. The summed E-state index contributed by atoms with van der Waals surface area (Å²) in [7, 11) is 2.15. The third kappa shape index (κ3) is 5.83. The molecule has 0 bridgehead atoms. The summed E-state index contributed by atoms with van der Waals surface area (Å²) in [5.74, 6) is 0.409. The molecule has 1 unspecified atom stereocenters. The lowest BCUT2D eigenvalue weighted by Gasteiger charge is -2.30. The first-order chi connectivity index (χ1) is 17.0. The third-order valence-electron chi connectivity index (χ3n) is 7.19. The molecule has 1 atom stereocenters. The van der Waals surface area contributed by atoms with Gasteiger partial charge in [0.05, 0.1) is 23.9 Å². The van der Waals surface area contributed by atoms with Gasteiger partial charge in [-0.05, 0) is 62.7 Å². The maximum Gasteiger partial charge on any atom is 0.258 e. The van der Waals surface area contributed by atoms with Gasteiger partial charge in [0, 0.05) is 37.6 Å². The second-order valence-corrected chi connectivity index (χ2v) is 9.84. The van der Waals surface area contributed by atoms with Crippen LogP contribution in [0.3, 0.4) is 0 Å². The number of fused-ring (bicyclic) bond motifs is 2. The Morgan fingerprint density at radius 2 is 1.97 bits per heavy atom. The Hall–Kier alpha value is -2.94. The Balaban J connectivity index is 1.09. The summed E-state index contributed by atoms with van der Waals surface area (Å²) in [6.45, 7) is 4.55. The Morgan fingerprint density at radius 3 is 2.80 bits per heavy atom. The molecule has 35 heavy (non-hydrogen) atoms. The van der Waals surface area contributed by atoms with Crippen LogP contribution in [0.2, 0.25) is 0 Å². The standard InChI is InChI=1S/C27H35N5O3/c1-30-11-9-23(10-12-30)32-26-14-25(7-6-21(26)15-29-32)35-19-27(34)28-16-24(33)18-31-13-8-20-4-2-3-5-22(20)17-31/h2-7,14-15,23-24,33H,8-13,16-19H2,1H3,(H,28,34). The molecule has 1 amide bonds. The Kier molecular flexibility index (Phi) is 7.32. The highest BCUT2D eigenvalue weighted by Crippen LogP contribution is 2.28. The minimum atomic E-state index is -0.621. The van der Waals surface area contributed by atoms with Crippen molar-refractivity contribution in [3.8, 4) is 5.75 Å². The van der Waals surface area contributed by atoms with Gasteiger partial charge in [-0.25, -0.2) is 0 Å². The van der Waals surface area contributed by atoms with Gasteiger partial charge in [-0.2, -0.15) is 5.10 Å². The largest absolute Gasteiger partial charge is 0.484 e. The maximum atomic E-state index is 12.4. The summed E-state index contributed by atoms with van der Waals surface area (Å²) in [6.07, 6.45) is 4.42. The number of aliphatic hydroxyl groups excluding tert-OH is 1. The number of nitrogens with zero attached hydrogens (tertiary/aromatic N) is 4. The van der Waals surface area contributed by atoms with Gasteiger partial charge in [-0.1, -0.05) is 24.3 Å². The minimum absolute atomic E-state index is 0.0856. The zero-order valence-electron chi connectivity index (χ0n) is 20.4. The molecule has 1 saturated heterocycles. The van der Waals surface area contributed by atoms with Gasteiger partial charge in [0.2, 0.25) is 0 Å². The summed E-state index contributed by atoms with van der Waals surface area (Å²) in [6, 6.07) is 14.7. The van der Waals surface area contributed by atoms with Crippen molar-refractivity contribution in [2.45, 2.75) is 38.0 Å². The number of aliphatic hydroxyl groups is 1. The van der Waals surface area contributed by atoms with E-state index in [0.717, 1.165) is 56.3 Å². The lowest BCUT2D eigenvalue weighted by atomic mass is 10.00. The van der Waals surface area contributed by atoms with Crippen LogP contribution in [0.15, 0.2) is 48.7 Å². The number of β-amino-alcohol motifs (C(OH)–C–C–N with tert-alkyl or cyclic N) is 1. The average molecular weight is 478 g/mol. The van der Waals surface area contributed by atoms with Crippen LogP contribution in [0.1, 0.15) is 30.0 Å². The zero-order chi connectivity index (χ0) is 24.2. The Labute approximate surface area is 206 Å². The number of nitrogens with one attached hydrogen (secondary N) is 1. The number of hydrogen-bond donors (Lipinski definition) is 2. The smallest absolute Gasteiger partial charge is 0.258 e. The number of amides is 1. The number of benzene rings is 2. The maximum absolute atomic E-state index is 12.4. The minimum Gasteiger partial charge on any atom is -0.484 e. The highest BCUT2D eigenvalue weighted by molar-refractivity contribution is 5.81. The molecule has 0 aliphatic carbocycles. The fraction of sp³-hybridized carbons (Fsp3) is 0.481. The highest BCUT2D eigenvalue weighted by Gasteiger charge is 2.21. The molecule has 8 heteroatoms. The van der Waals surface area contributed by atoms with Gasteiger partial charge in [-0.15, -0.1) is 0 Å². The van der Waals surface area contributed by atoms with E-state index in [4.69, 9.17) is 4.74 Å². The molecule has 2 aliphatic rings. The number of carbonyl (C=O) groups is 1. The number of rotatable bonds is 8. The van der Waals surface area contributed by atoms with E-state index in [9.17, 15) is 9.90 Å². The Morgan fingerprint density at radius 1 is 1.17 bits per heavy atom. The monoisotopic (exact) mass is 477 g/mol. The van der Waals surface area contributed by atoms with Crippen LogP contribution >= 0.6 is 0 Å². The Bertz CT molecular complexity index is 1150. The van der Waals surface area contributed by atoms with E-state index < -0.39 is 6.10 Å². The molecule has 2 aromatic carbocycles. The molecule has 186 valence electrons. The first-order valence-electron chi connectivity index (χ1n) is 12.6. The van der Waals surface area contributed by atoms with E-state index in [1.54, 1.807) is 0 Å². The summed E-state index contributed by atoms with van der Waals surface area (Å²) in [5, 5.41) is 18.9. The molecule has 3 heterocycles. The quantitative estimate of drug-likeness (QED) is 0.518. The van der Waals surface area contributed by atoms with Gasteiger partial charge in [-0.3, -0.25) is 14.4 Å². The van der Waals surface area contributed by atoms with Crippen LogP contribution in [0, 0.1) is 0 Å². The van der Waals surface area contributed by atoms with Crippen molar-refractivity contribution < 1.29 is 14.6 Å². The van der Waals surface area contributed by atoms with Crippen LogP contribution in [0.25, 0.3) is 10.9 Å². The lowest BCUT2D eigenvalue weighted by molar-refractivity contribution is -0.123. The van der Waals surface area contributed by atoms with Crippen LogP contribution in [0.4, 0.5) is 0 Å². The molecule has 5 rings (SSSR count). The van der Waals surface area contributed by atoms with Gasteiger partial charge in [0.1, 0.15) is 5.75 Å². The fourth-order valence-electron chi connectivity index (χ4n) is 5.14. The van der Waals surface area contributed by atoms with Gasteiger partial charge < -0.3 is 20.1 Å². The molecule has 1 fully saturated rings. The van der Waals surface area contributed by atoms with E-state index in [2.05, 4.69) is 56.2 Å². The lowest BCUT2D eigenvalue weighted by Crippen LogP contribution is -2.42. The number of ether oxygens (including phenoxy) is 1. The number of piperidine rings is 1. The predicted molar refractivity (Wildman–Crippen MR) is 135 cm³/mol. The second kappa shape index (κ2) is 10.8. The van der Waals surface area contributed by atoms with Gasteiger partial charge >= 0.3 is 0 Å². The SMILES string of the molecule is CN1CCC(n2ncc3ccc(OCC(=O)NCC(O)CN4CCc5ccccc5C4)cc32)CC1. The average Bonchev–Trinajstić information content (AvgIpc) is 3.30. The molecule has 1 aromatic heterocycles. The molecular formula is C27H35N5O3. The van der Waals surface area contributed by atoms with E-state index >= 15 is 0 Å². The predicted octanol–water partition coefficient (Wildman–Crippen LogP) is 2.22. The van der Waals surface area contributed by atoms with Gasteiger partial charge in [0.15, 0.2) is 6.61 Å². The first-order valence-corrected chi connectivity index (χ1v) is 12.6. The molecule has 0 saturated carbocycles. The molecule has 2 N–H and O–H groups in total. The van der Waals surface area contributed by atoms with Crippen LogP contribution in [-0.2, 0) is 17.8 Å². The van der Waals surface area contributed by atoms with E-state index in [1.807, 2.05) is 24.4 Å². The van der Waals surface area contributed by atoms with Crippen molar-refractivity contribution in [1.29, 1.82) is 0 Å².